The van der Waals surface area contributed by atoms with Crippen molar-refractivity contribution in [2.45, 2.75) is 20.1 Å². The van der Waals surface area contributed by atoms with Crippen LogP contribution in [0.15, 0.2) is 49.1 Å². The number of imidazole rings is 1. The van der Waals surface area contributed by atoms with Crippen molar-refractivity contribution in [2.24, 2.45) is 5.92 Å². The monoisotopic (exact) mass is 497 g/mol. The molecule has 1 unspecified atom stereocenters. The van der Waals surface area contributed by atoms with E-state index in [9.17, 15) is 5.11 Å². The van der Waals surface area contributed by atoms with Crippen LogP contribution < -0.4 is 10.2 Å². The molecule has 1 aromatic carbocycles. The molecule has 1 atom stereocenters. The van der Waals surface area contributed by atoms with Crippen LogP contribution in [0.4, 0.5) is 11.4 Å². The highest BCUT2D eigenvalue weighted by molar-refractivity contribution is 5.97. The molecule has 10 nitrogen and oxygen atoms in total. The summed E-state index contributed by atoms with van der Waals surface area (Å²) in [5.74, 6) is 0.791. The van der Waals surface area contributed by atoms with Gasteiger partial charge in [0.05, 0.1) is 41.0 Å². The number of H-pyrrole nitrogens is 2. The Kier molecular flexibility index (Phi) is 5.97. The van der Waals surface area contributed by atoms with Crippen LogP contribution in [0.1, 0.15) is 13.8 Å². The van der Waals surface area contributed by atoms with Crippen molar-refractivity contribution in [3.05, 3.63) is 49.1 Å². The zero-order chi connectivity index (χ0) is 25.5. The molecular weight excluding hydrogens is 466 g/mol. The van der Waals surface area contributed by atoms with Crippen LogP contribution >= 0.6 is 0 Å². The van der Waals surface area contributed by atoms with Crippen molar-refractivity contribution in [3.63, 3.8) is 0 Å². The third-order valence-corrected chi connectivity index (χ3v) is 7.02. The minimum Gasteiger partial charge on any atom is -0.374 e. The van der Waals surface area contributed by atoms with E-state index >= 15 is 0 Å². The van der Waals surface area contributed by atoms with Crippen molar-refractivity contribution in [1.82, 2.24) is 35.0 Å². The Bertz CT molecular complexity index is 1550. The molecule has 37 heavy (non-hydrogen) atoms. The molecule has 190 valence electrons. The van der Waals surface area contributed by atoms with Crippen LogP contribution in [-0.2, 0) is 0 Å². The number of nitrogens with one attached hydrogen (secondary N) is 3. The first-order chi connectivity index (χ1) is 18.0. The number of aromatic amines is 2. The van der Waals surface area contributed by atoms with E-state index in [1.165, 1.54) is 0 Å². The molecule has 0 spiro atoms. The largest absolute Gasteiger partial charge is 0.374 e. The second kappa shape index (κ2) is 9.45. The highest BCUT2D eigenvalue weighted by atomic mass is 16.3. The average molecular weight is 498 g/mol. The standard InChI is InChI=1S/C27H31N9O/c1-16(2)27(37)30-19-10-18(12-28-13-19)17-4-5-21-20(11-17)24(34-33-21)26-31-22-14-29-15-23(25(22)32-26)36-8-6-35(3)7-9-36/h4-5,10-16,27,30,37H,6-9H2,1-3H3,(H,31,32)(H,33,34). The number of pyridine rings is 2. The minimum atomic E-state index is -0.640. The van der Waals surface area contributed by atoms with E-state index in [1.54, 1.807) is 6.20 Å². The number of benzene rings is 1. The number of nitrogens with zero attached hydrogens (tertiary/aromatic N) is 6. The van der Waals surface area contributed by atoms with Gasteiger partial charge in [-0.3, -0.25) is 15.1 Å². The maximum absolute atomic E-state index is 10.2. The van der Waals surface area contributed by atoms with Crippen molar-refractivity contribution in [1.29, 1.82) is 0 Å². The van der Waals surface area contributed by atoms with E-state index in [-0.39, 0.29) is 5.92 Å². The second-order valence-electron chi connectivity index (χ2n) is 10.1. The highest BCUT2D eigenvalue weighted by Crippen LogP contribution is 2.33. The number of likely N-dealkylation sites (N-methyl/N-ethyl adjacent to an activating group) is 1. The lowest BCUT2D eigenvalue weighted by Crippen LogP contribution is -2.44. The summed E-state index contributed by atoms with van der Waals surface area (Å²) < 4.78 is 0. The van der Waals surface area contributed by atoms with Gasteiger partial charge in [0.2, 0.25) is 0 Å². The van der Waals surface area contributed by atoms with Gasteiger partial charge in [0, 0.05) is 43.3 Å². The first kappa shape index (κ1) is 23.4. The van der Waals surface area contributed by atoms with Gasteiger partial charge < -0.3 is 25.2 Å². The zero-order valence-electron chi connectivity index (χ0n) is 21.2. The Morgan fingerprint density at radius 3 is 2.57 bits per heavy atom. The van der Waals surface area contributed by atoms with Gasteiger partial charge >= 0.3 is 0 Å². The van der Waals surface area contributed by atoms with Gasteiger partial charge in [-0.2, -0.15) is 5.10 Å². The Labute approximate surface area is 214 Å². The van der Waals surface area contributed by atoms with Crippen LogP contribution in [0.3, 0.4) is 0 Å². The molecule has 1 saturated heterocycles. The average Bonchev–Trinajstić information content (AvgIpc) is 3.53. The SMILES string of the molecule is CC(C)C(O)Nc1cncc(-c2ccc3[nH]nc(-c4nc5c(N6CCN(C)CC6)cncc5[nH]4)c3c2)c1. The minimum absolute atomic E-state index is 0.0873. The number of piperazine rings is 1. The molecule has 5 heterocycles. The number of aromatic nitrogens is 6. The summed E-state index contributed by atoms with van der Waals surface area (Å²) in [6, 6.07) is 8.15. The number of fused-ring (bicyclic) bond motifs is 2. The summed E-state index contributed by atoms with van der Waals surface area (Å²) in [4.78, 5) is 22.0. The van der Waals surface area contributed by atoms with Crippen LogP contribution in [0, 0.1) is 5.92 Å². The topological polar surface area (TPSA) is 122 Å². The maximum atomic E-state index is 10.2. The molecule has 0 bridgehead atoms. The van der Waals surface area contributed by atoms with E-state index in [1.807, 2.05) is 50.6 Å². The normalized spacial score (nSPS) is 15.6. The summed E-state index contributed by atoms with van der Waals surface area (Å²) >= 11 is 0. The second-order valence-corrected chi connectivity index (χ2v) is 10.1. The lowest BCUT2D eigenvalue weighted by Gasteiger charge is -2.33. The van der Waals surface area contributed by atoms with Crippen molar-refractivity contribution in [2.75, 3.05) is 43.4 Å². The van der Waals surface area contributed by atoms with E-state index in [2.05, 4.69) is 53.4 Å². The molecule has 4 N–H and O–H groups in total. The third kappa shape index (κ3) is 4.49. The van der Waals surface area contributed by atoms with E-state index in [0.717, 1.165) is 76.3 Å². The van der Waals surface area contributed by atoms with Gasteiger partial charge in [-0.15, -0.1) is 0 Å². The van der Waals surface area contributed by atoms with Crippen LogP contribution in [0.25, 0.3) is 44.6 Å². The number of hydrogen-bond donors (Lipinski definition) is 4. The number of rotatable bonds is 6. The zero-order valence-corrected chi connectivity index (χ0v) is 21.2. The molecule has 4 aromatic heterocycles. The third-order valence-electron chi connectivity index (χ3n) is 7.02. The molecule has 0 radical (unpaired) electrons. The molecule has 10 heteroatoms. The Morgan fingerprint density at radius 2 is 1.76 bits per heavy atom. The van der Waals surface area contributed by atoms with Crippen LogP contribution in [0.5, 0.6) is 0 Å². The number of hydrogen-bond acceptors (Lipinski definition) is 8. The quantitative estimate of drug-likeness (QED) is 0.262. The molecule has 0 saturated carbocycles. The molecule has 1 aliphatic heterocycles. The number of aliphatic hydroxyl groups excluding tert-OH is 1. The molecule has 6 rings (SSSR count). The smallest absolute Gasteiger partial charge is 0.159 e. The summed E-state index contributed by atoms with van der Waals surface area (Å²) in [5.41, 5.74) is 7.25. The Hall–Kier alpha value is -4.02. The fourth-order valence-corrected chi connectivity index (χ4v) is 4.70. The predicted octanol–water partition coefficient (Wildman–Crippen LogP) is 3.70. The molecule has 0 aliphatic carbocycles. The molecule has 0 amide bonds. The number of aliphatic hydroxyl groups is 1. The van der Waals surface area contributed by atoms with Gasteiger partial charge in [-0.25, -0.2) is 4.98 Å². The number of anilines is 2. The van der Waals surface area contributed by atoms with Gasteiger partial charge in [-0.05, 0) is 36.7 Å². The molecule has 5 aromatic rings. The first-order valence-electron chi connectivity index (χ1n) is 12.6. The van der Waals surface area contributed by atoms with Gasteiger partial charge in [-0.1, -0.05) is 19.9 Å². The Morgan fingerprint density at radius 1 is 0.946 bits per heavy atom. The lowest BCUT2D eigenvalue weighted by molar-refractivity contribution is 0.153. The van der Waals surface area contributed by atoms with Gasteiger partial charge in [0.15, 0.2) is 5.82 Å². The van der Waals surface area contributed by atoms with Crippen LogP contribution in [-0.4, -0.2) is 79.6 Å². The van der Waals surface area contributed by atoms with Gasteiger partial charge in [0.1, 0.15) is 17.4 Å². The molecule has 1 aliphatic rings. The fraction of sp³-hybridized carbons (Fsp3) is 0.333. The fourth-order valence-electron chi connectivity index (χ4n) is 4.70. The van der Waals surface area contributed by atoms with Gasteiger partial charge in [0.25, 0.3) is 0 Å². The maximum Gasteiger partial charge on any atom is 0.159 e. The predicted molar refractivity (Wildman–Crippen MR) is 146 cm³/mol. The van der Waals surface area contributed by atoms with E-state index < -0.39 is 6.23 Å². The van der Waals surface area contributed by atoms with E-state index in [0.29, 0.717) is 5.82 Å². The molecular formula is C27H31N9O. The summed E-state index contributed by atoms with van der Waals surface area (Å²) in [5, 5.41) is 22.0. The summed E-state index contributed by atoms with van der Waals surface area (Å²) in [6.45, 7) is 7.86. The van der Waals surface area contributed by atoms with Crippen molar-refractivity contribution < 1.29 is 5.11 Å². The first-order valence-corrected chi connectivity index (χ1v) is 12.6. The Balaban J connectivity index is 1.36. The van der Waals surface area contributed by atoms with Crippen molar-refractivity contribution in [3.8, 4) is 22.6 Å². The lowest BCUT2D eigenvalue weighted by atomic mass is 10.0. The highest BCUT2D eigenvalue weighted by Gasteiger charge is 2.20. The van der Waals surface area contributed by atoms with E-state index in [4.69, 9.17) is 4.98 Å². The molecule has 1 fully saturated rings. The van der Waals surface area contributed by atoms with Crippen molar-refractivity contribution >= 4 is 33.3 Å². The van der Waals surface area contributed by atoms with Crippen LogP contribution in [0.2, 0.25) is 0 Å². The summed E-state index contributed by atoms with van der Waals surface area (Å²) in [7, 11) is 2.15. The summed E-state index contributed by atoms with van der Waals surface area (Å²) in [6.07, 6.45) is 6.63.